The first-order chi connectivity index (χ1) is 14.4. The molecule has 4 rings (SSSR count). The van der Waals surface area contributed by atoms with E-state index >= 15 is 0 Å². The van der Waals surface area contributed by atoms with Gasteiger partial charge in [-0.2, -0.15) is 4.98 Å². The van der Waals surface area contributed by atoms with Crippen LogP contribution in [0.25, 0.3) is 11.5 Å². The number of rotatable bonds is 6. The first kappa shape index (κ1) is 19.8. The highest BCUT2D eigenvalue weighted by Gasteiger charge is 2.28. The van der Waals surface area contributed by atoms with Crippen LogP contribution in [0.4, 0.5) is 10.3 Å². The van der Waals surface area contributed by atoms with Crippen molar-refractivity contribution in [3.8, 4) is 11.5 Å². The molecule has 0 radical (unpaired) electrons. The van der Waals surface area contributed by atoms with E-state index < -0.39 is 15.7 Å². The molecule has 0 fully saturated rings. The monoisotopic (exact) mass is 422 g/mol. The van der Waals surface area contributed by atoms with E-state index in [0.717, 1.165) is 23.3 Å². The summed E-state index contributed by atoms with van der Waals surface area (Å²) >= 11 is 0. The number of oxazole rings is 1. The molecule has 0 saturated carbocycles. The summed E-state index contributed by atoms with van der Waals surface area (Å²) in [4.78, 5) is 4.21. The predicted molar refractivity (Wildman–Crippen MR) is 112 cm³/mol. The molecule has 1 N–H and O–H groups in total. The summed E-state index contributed by atoms with van der Waals surface area (Å²) in [7, 11) is -4.02. The zero-order valence-electron chi connectivity index (χ0n) is 16.2. The fourth-order valence-corrected chi connectivity index (χ4v) is 4.20. The normalized spacial score (nSPS) is 11.4. The summed E-state index contributed by atoms with van der Waals surface area (Å²) in [5, 5.41) is 2.81. The molecule has 0 amide bonds. The van der Waals surface area contributed by atoms with Crippen LogP contribution in [0.15, 0.2) is 93.2 Å². The lowest BCUT2D eigenvalue weighted by atomic mass is 10.1. The van der Waals surface area contributed by atoms with Gasteiger partial charge in [0.05, 0.1) is 4.90 Å². The molecular formula is C23H19FN2O3S. The van der Waals surface area contributed by atoms with Crippen LogP contribution in [-0.2, 0) is 16.4 Å². The number of sulfone groups is 1. The summed E-state index contributed by atoms with van der Waals surface area (Å²) in [5.41, 5.74) is 2.74. The molecule has 0 spiro atoms. The molecule has 0 aliphatic heterocycles. The van der Waals surface area contributed by atoms with Crippen molar-refractivity contribution in [3.63, 3.8) is 0 Å². The Kier molecular flexibility index (Phi) is 5.37. The van der Waals surface area contributed by atoms with Crippen molar-refractivity contribution in [2.45, 2.75) is 23.4 Å². The minimum absolute atomic E-state index is 0.0405. The van der Waals surface area contributed by atoms with Crippen LogP contribution >= 0.6 is 0 Å². The van der Waals surface area contributed by atoms with Gasteiger partial charge in [0.15, 0.2) is 0 Å². The van der Waals surface area contributed by atoms with Crippen molar-refractivity contribution in [1.29, 1.82) is 0 Å². The maximum absolute atomic E-state index is 13.3. The van der Waals surface area contributed by atoms with E-state index in [9.17, 15) is 12.8 Å². The van der Waals surface area contributed by atoms with Crippen LogP contribution in [-0.4, -0.2) is 13.4 Å². The van der Waals surface area contributed by atoms with Crippen LogP contribution in [0.1, 0.15) is 11.1 Å². The summed E-state index contributed by atoms with van der Waals surface area (Å²) in [6.07, 6.45) is 0. The molecule has 0 atom stereocenters. The molecule has 0 aliphatic rings. The summed E-state index contributed by atoms with van der Waals surface area (Å²) < 4.78 is 45.4. The molecule has 0 saturated heterocycles. The van der Waals surface area contributed by atoms with Crippen molar-refractivity contribution >= 4 is 15.7 Å². The van der Waals surface area contributed by atoms with Gasteiger partial charge in [0.25, 0.3) is 0 Å². The lowest BCUT2D eigenvalue weighted by Gasteiger charge is -2.07. The molecule has 1 heterocycles. The molecule has 152 valence electrons. The molecular weight excluding hydrogens is 403 g/mol. The Balaban J connectivity index is 1.74. The molecule has 30 heavy (non-hydrogen) atoms. The van der Waals surface area contributed by atoms with Crippen molar-refractivity contribution in [1.82, 2.24) is 4.98 Å². The zero-order valence-corrected chi connectivity index (χ0v) is 17.0. The summed E-state index contributed by atoms with van der Waals surface area (Å²) in [6.45, 7) is 2.35. The Labute approximate surface area is 174 Å². The first-order valence-corrected chi connectivity index (χ1v) is 10.8. The fourth-order valence-electron chi connectivity index (χ4n) is 2.92. The van der Waals surface area contributed by atoms with Crippen LogP contribution < -0.4 is 5.32 Å². The van der Waals surface area contributed by atoms with Gasteiger partial charge in [-0.1, -0.05) is 48.0 Å². The number of nitrogens with one attached hydrogen (secondary N) is 1. The number of halogens is 1. The number of hydrogen-bond acceptors (Lipinski definition) is 5. The SMILES string of the molecule is Cc1ccc(CNc2oc(-c3ccccc3)nc2S(=O)(=O)c2ccc(F)cc2)cc1. The van der Waals surface area contributed by atoms with Gasteiger partial charge in [-0.15, -0.1) is 0 Å². The van der Waals surface area contributed by atoms with E-state index in [1.807, 2.05) is 49.4 Å². The van der Waals surface area contributed by atoms with Crippen LogP contribution in [0.5, 0.6) is 0 Å². The average molecular weight is 422 g/mol. The topological polar surface area (TPSA) is 72.2 Å². The number of aromatic nitrogens is 1. The summed E-state index contributed by atoms with van der Waals surface area (Å²) in [6, 6.07) is 21.5. The van der Waals surface area contributed by atoms with Gasteiger partial charge in [0.1, 0.15) is 5.82 Å². The minimum atomic E-state index is -4.02. The van der Waals surface area contributed by atoms with Crippen LogP contribution in [0.2, 0.25) is 0 Å². The number of benzene rings is 3. The molecule has 4 aromatic rings. The predicted octanol–water partition coefficient (Wildman–Crippen LogP) is 5.23. The maximum atomic E-state index is 13.3. The van der Waals surface area contributed by atoms with Gasteiger partial charge >= 0.3 is 0 Å². The lowest BCUT2D eigenvalue weighted by Crippen LogP contribution is -2.07. The highest BCUT2D eigenvalue weighted by molar-refractivity contribution is 7.91. The Morgan fingerprint density at radius 3 is 2.27 bits per heavy atom. The molecule has 1 aromatic heterocycles. The first-order valence-electron chi connectivity index (χ1n) is 9.30. The molecule has 0 bridgehead atoms. The third-order valence-corrected chi connectivity index (χ3v) is 6.25. The van der Waals surface area contributed by atoms with Gasteiger partial charge in [-0.25, -0.2) is 12.8 Å². The van der Waals surface area contributed by atoms with E-state index in [-0.39, 0.29) is 21.7 Å². The van der Waals surface area contributed by atoms with Crippen LogP contribution in [0.3, 0.4) is 0 Å². The van der Waals surface area contributed by atoms with Gasteiger partial charge in [-0.05, 0) is 48.9 Å². The summed E-state index contributed by atoms with van der Waals surface area (Å²) in [5.74, 6) is -0.293. The van der Waals surface area contributed by atoms with Crippen molar-refractivity contribution in [3.05, 3.63) is 95.8 Å². The van der Waals surface area contributed by atoms with Gasteiger partial charge in [0.2, 0.25) is 26.6 Å². The molecule has 3 aromatic carbocycles. The van der Waals surface area contributed by atoms with E-state index in [0.29, 0.717) is 12.1 Å². The van der Waals surface area contributed by atoms with E-state index in [1.54, 1.807) is 12.1 Å². The smallest absolute Gasteiger partial charge is 0.234 e. The quantitative estimate of drug-likeness (QED) is 0.431. The van der Waals surface area contributed by atoms with E-state index in [1.165, 1.54) is 12.1 Å². The number of anilines is 1. The van der Waals surface area contributed by atoms with Gasteiger partial charge in [-0.3, -0.25) is 0 Å². The number of nitrogens with zero attached hydrogens (tertiary/aromatic N) is 1. The molecule has 0 aliphatic carbocycles. The third kappa shape index (κ3) is 4.11. The van der Waals surface area contributed by atoms with E-state index in [4.69, 9.17) is 4.42 Å². The molecule has 0 unspecified atom stereocenters. The van der Waals surface area contributed by atoms with Crippen LogP contribution in [0, 0.1) is 12.7 Å². The Bertz CT molecular complexity index is 1250. The second kappa shape index (κ2) is 8.12. The van der Waals surface area contributed by atoms with Crippen molar-refractivity contribution < 1.29 is 17.2 Å². The number of aryl methyl sites for hydroxylation is 1. The standard InChI is InChI=1S/C23H19FN2O3S/c1-16-7-9-17(10-8-16)15-25-22-23(26-21(29-22)18-5-3-2-4-6-18)30(27,28)20-13-11-19(24)12-14-20/h2-14,25H,15H2,1H3. The highest BCUT2D eigenvalue weighted by atomic mass is 32.2. The van der Waals surface area contributed by atoms with Crippen molar-refractivity contribution in [2.24, 2.45) is 0 Å². The zero-order chi connectivity index (χ0) is 21.1. The third-order valence-electron chi connectivity index (χ3n) is 4.57. The molecule has 7 heteroatoms. The van der Waals surface area contributed by atoms with Crippen molar-refractivity contribution in [2.75, 3.05) is 5.32 Å². The minimum Gasteiger partial charge on any atom is -0.419 e. The average Bonchev–Trinajstić information content (AvgIpc) is 3.20. The lowest BCUT2D eigenvalue weighted by molar-refractivity contribution is 0.576. The second-order valence-corrected chi connectivity index (χ2v) is 8.68. The van der Waals surface area contributed by atoms with Gasteiger partial charge < -0.3 is 9.73 Å². The molecule has 5 nitrogen and oxygen atoms in total. The highest BCUT2D eigenvalue weighted by Crippen LogP contribution is 2.32. The largest absolute Gasteiger partial charge is 0.419 e. The maximum Gasteiger partial charge on any atom is 0.234 e. The van der Waals surface area contributed by atoms with Gasteiger partial charge in [0, 0.05) is 12.1 Å². The Morgan fingerprint density at radius 1 is 0.933 bits per heavy atom. The second-order valence-electron chi connectivity index (χ2n) is 6.82. The fraction of sp³-hybridized carbons (Fsp3) is 0.0870. The Hall–Kier alpha value is -3.45. The van der Waals surface area contributed by atoms with E-state index in [2.05, 4.69) is 10.3 Å². The number of hydrogen-bond donors (Lipinski definition) is 1. The Morgan fingerprint density at radius 2 is 1.60 bits per heavy atom.